The molecule has 2 atom stereocenters. The minimum atomic E-state index is -3.31. The molecule has 1 aliphatic rings. The molecule has 0 aliphatic heterocycles. The van der Waals surface area contributed by atoms with Crippen molar-refractivity contribution in [3.8, 4) is 0 Å². The van der Waals surface area contributed by atoms with Crippen LogP contribution >= 0.6 is 0 Å². The summed E-state index contributed by atoms with van der Waals surface area (Å²) in [6, 6.07) is 6.72. The minimum absolute atomic E-state index is 0.126. The molecular weight excluding hydrogens is 332 g/mol. The lowest BCUT2D eigenvalue weighted by Crippen LogP contribution is -2.35. The molecule has 0 aromatic heterocycles. The molecular formula is C16H22N2O5S. The van der Waals surface area contributed by atoms with Crippen molar-refractivity contribution in [3.63, 3.8) is 0 Å². The SMILES string of the molecule is CS(=O)(=O)Nc1ccc(CNC(=O)C2CCCC(C(=O)O)C2)cc1. The molecule has 0 radical (unpaired) electrons. The number of carbonyl (C=O) groups excluding carboxylic acids is 1. The Morgan fingerprint density at radius 1 is 1.17 bits per heavy atom. The number of anilines is 1. The Balaban J connectivity index is 1.86. The van der Waals surface area contributed by atoms with Crippen LogP contribution in [0, 0.1) is 11.8 Å². The highest BCUT2D eigenvalue weighted by Gasteiger charge is 2.30. The normalized spacial score (nSPS) is 21.0. The zero-order chi connectivity index (χ0) is 17.7. The second kappa shape index (κ2) is 7.65. The molecule has 7 nitrogen and oxygen atoms in total. The van der Waals surface area contributed by atoms with Gasteiger partial charge in [0, 0.05) is 18.2 Å². The molecule has 8 heteroatoms. The molecule has 132 valence electrons. The van der Waals surface area contributed by atoms with Gasteiger partial charge in [-0.1, -0.05) is 18.6 Å². The third-order valence-electron chi connectivity index (χ3n) is 4.12. The number of hydrogen-bond acceptors (Lipinski definition) is 4. The highest BCUT2D eigenvalue weighted by atomic mass is 32.2. The molecule has 0 spiro atoms. The van der Waals surface area contributed by atoms with Crippen molar-refractivity contribution >= 4 is 27.6 Å². The highest BCUT2D eigenvalue weighted by molar-refractivity contribution is 7.92. The van der Waals surface area contributed by atoms with Crippen LogP contribution in [-0.2, 0) is 26.2 Å². The number of carboxylic acids is 1. The van der Waals surface area contributed by atoms with E-state index >= 15 is 0 Å². The van der Waals surface area contributed by atoms with Crippen LogP contribution in [0.2, 0.25) is 0 Å². The van der Waals surface area contributed by atoms with Gasteiger partial charge in [-0.25, -0.2) is 8.42 Å². The summed E-state index contributed by atoms with van der Waals surface area (Å²) in [5.74, 6) is -1.65. The summed E-state index contributed by atoms with van der Waals surface area (Å²) in [4.78, 5) is 23.3. The van der Waals surface area contributed by atoms with Gasteiger partial charge < -0.3 is 10.4 Å². The molecule has 1 aromatic carbocycles. The fraction of sp³-hybridized carbons (Fsp3) is 0.500. The number of nitrogens with one attached hydrogen (secondary N) is 2. The van der Waals surface area contributed by atoms with Gasteiger partial charge in [0.15, 0.2) is 0 Å². The summed E-state index contributed by atoms with van der Waals surface area (Å²) in [7, 11) is -3.31. The van der Waals surface area contributed by atoms with E-state index in [0.717, 1.165) is 18.2 Å². The summed E-state index contributed by atoms with van der Waals surface area (Å²) in [6.07, 6.45) is 3.57. The monoisotopic (exact) mass is 354 g/mol. The smallest absolute Gasteiger partial charge is 0.306 e. The van der Waals surface area contributed by atoms with Crippen molar-refractivity contribution in [3.05, 3.63) is 29.8 Å². The van der Waals surface area contributed by atoms with E-state index in [4.69, 9.17) is 5.11 Å². The van der Waals surface area contributed by atoms with Crippen LogP contribution in [0.15, 0.2) is 24.3 Å². The molecule has 3 N–H and O–H groups in total. The van der Waals surface area contributed by atoms with Gasteiger partial charge in [0.05, 0.1) is 12.2 Å². The quantitative estimate of drug-likeness (QED) is 0.718. The number of aliphatic carboxylic acids is 1. The second-order valence-corrected chi connectivity index (χ2v) is 7.94. The van der Waals surface area contributed by atoms with Crippen LogP contribution in [0.4, 0.5) is 5.69 Å². The van der Waals surface area contributed by atoms with Crippen LogP contribution in [0.3, 0.4) is 0 Å². The molecule has 0 bridgehead atoms. The number of carbonyl (C=O) groups is 2. The Kier molecular flexibility index (Phi) is 5.82. The number of amides is 1. The van der Waals surface area contributed by atoms with Crippen LogP contribution in [0.5, 0.6) is 0 Å². The fourth-order valence-electron chi connectivity index (χ4n) is 2.89. The van der Waals surface area contributed by atoms with E-state index in [1.165, 1.54) is 0 Å². The maximum Gasteiger partial charge on any atom is 0.306 e. The molecule has 1 amide bonds. The van der Waals surface area contributed by atoms with E-state index in [1.54, 1.807) is 24.3 Å². The molecule has 24 heavy (non-hydrogen) atoms. The van der Waals surface area contributed by atoms with Gasteiger partial charge in [-0.2, -0.15) is 0 Å². The van der Waals surface area contributed by atoms with E-state index in [-0.39, 0.29) is 11.8 Å². The third kappa shape index (κ3) is 5.52. The molecule has 1 saturated carbocycles. The summed E-state index contributed by atoms with van der Waals surface area (Å²) in [5.41, 5.74) is 1.30. The van der Waals surface area contributed by atoms with Gasteiger partial charge in [0.25, 0.3) is 0 Å². The standard InChI is InChI=1S/C16H22N2O5S/c1-24(22,23)18-14-7-5-11(6-8-14)10-17-15(19)12-3-2-4-13(9-12)16(20)21/h5-8,12-13,18H,2-4,9-10H2,1H3,(H,17,19)(H,20,21). The van der Waals surface area contributed by atoms with Gasteiger partial charge in [0.2, 0.25) is 15.9 Å². The van der Waals surface area contributed by atoms with Gasteiger partial charge in [-0.15, -0.1) is 0 Å². The second-order valence-electron chi connectivity index (χ2n) is 6.19. The van der Waals surface area contributed by atoms with Gasteiger partial charge in [-0.05, 0) is 37.0 Å². The summed E-state index contributed by atoms with van der Waals surface area (Å²) in [5, 5.41) is 11.9. The van der Waals surface area contributed by atoms with Crippen molar-refractivity contribution in [2.45, 2.75) is 32.2 Å². The Labute approximate surface area is 141 Å². The first-order valence-corrected chi connectivity index (χ1v) is 9.71. The Morgan fingerprint density at radius 3 is 2.38 bits per heavy atom. The number of rotatable bonds is 6. The van der Waals surface area contributed by atoms with Crippen molar-refractivity contribution in [2.24, 2.45) is 11.8 Å². The zero-order valence-corrected chi connectivity index (χ0v) is 14.3. The maximum absolute atomic E-state index is 12.2. The van der Waals surface area contributed by atoms with Crippen LogP contribution in [0.25, 0.3) is 0 Å². The van der Waals surface area contributed by atoms with E-state index in [2.05, 4.69) is 10.0 Å². The summed E-state index contributed by atoms with van der Waals surface area (Å²) >= 11 is 0. The third-order valence-corrected chi connectivity index (χ3v) is 4.72. The van der Waals surface area contributed by atoms with E-state index in [1.807, 2.05) is 0 Å². The predicted octanol–water partition coefficient (Wildman–Crippen LogP) is 1.57. The highest BCUT2D eigenvalue weighted by Crippen LogP contribution is 2.29. The van der Waals surface area contributed by atoms with Gasteiger partial charge in [-0.3, -0.25) is 14.3 Å². The Bertz CT molecular complexity index is 700. The zero-order valence-electron chi connectivity index (χ0n) is 13.5. The first-order chi connectivity index (χ1) is 11.2. The lowest BCUT2D eigenvalue weighted by Gasteiger charge is -2.25. The molecule has 2 unspecified atom stereocenters. The first-order valence-electron chi connectivity index (χ1n) is 7.82. The largest absolute Gasteiger partial charge is 0.481 e. The van der Waals surface area contributed by atoms with E-state index < -0.39 is 21.9 Å². The van der Waals surface area contributed by atoms with Gasteiger partial charge >= 0.3 is 5.97 Å². The number of sulfonamides is 1. The van der Waals surface area contributed by atoms with Crippen LogP contribution in [-0.4, -0.2) is 31.7 Å². The van der Waals surface area contributed by atoms with Crippen LogP contribution in [0.1, 0.15) is 31.2 Å². The summed E-state index contributed by atoms with van der Waals surface area (Å²) < 4.78 is 24.6. The minimum Gasteiger partial charge on any atom is -0.481 e. The lowest BCUT2D eigenvalue weighted by atomic mass is 9.81. The topological polar surface area (TPSA) is 113 Å². The summed E-state index contributed by atoms with van der Waals surface area (Å²) in [6.45, 7) is 0.326. The van der Waals surface area contributed by atoms with Gasteiger partial charge in [0.1, 0.15) is 0 Å². The number of benzene rings is 1. The predicted molar refractivity (Wildman–Crippen MR) is 89.8 cm³/mol. The van der Waals surface area contributed by atoms with Crippen LogP contribution < -0.4 is 10.0 Å². The fourth-order valence-corrected chi connectivity index (χ4v) is 3.45. The van der Waals surface area contributed by atoms with Crippen molar-refractivity contribution in [1.82, 2.24) is 5.32 Å². The van der Waals surface area contributed by atoms with Crippen molar-refractivity contribution < 1.29 is 23.1 Å². The van der Waals surface area contributed by atoms with Crippen molar-refractivity contribution in [2.75, 3.05) is 11.0 Å². The number of carboxylic acid groups (broad SMARTS) is 1. The molecule has 0 saturated heterocycles. The van der Waals surface area contributed by atoms with E-state index in [0.29, 0.717) is 31.5 Å². The average Bonchev–Trinajstić information content (AvgIpc) is 2.52. The van der Waals surface area contributed by atoms with E-state index in [9.17, 15) is 18.0 Å². The Morgan fingerprint density at radius 2 is 1.79 bits per heavy atom. The Hall–Kier alpha value is -2.09. The maximum atomic E-state index is 12.2. The molecule has 2 rings (SSSR count). The molecule has 0 heterocycles. The molecule has 1 aliphatic carbocycles. The molecule has 1 fully saturated rings. The van der Waals surface area contributed by atoms with Crippen molar-refractivity contribution in [1.29, 1.82) is 0 Å². The lowest BCUT2D eigenvalue weighted by molar-refractivity contribution is -0.144. The average molecular weight is 354 g/mol. The first kappa shape index (κ1) is 18.3. The molecule has 1 aromatic rings. The number of hydrogen-bond donors (Lipinski definition) is 3.